The number of hydrogen-bond donors (Lipinski definition) is 2. The number of nitrogens with zero attached hydrogens (tertiary/aromatic N) is 7. The van der Waals surface area contributed by atoms with Gasteiger partial charge < -0.3 is 29.9 Å². The van der Waals surface area contributed by atoms with E-state index >= 15 is 0 Å². The third-order valence-electron chi connectivity index (χ3n) is 11.5. The van der Waals surface area contributed by atoms with Crippen molar-refractivity contribution in [3.63, 3.8) is 0 Å². The highest BCUT2D eigenvalue weighted by atomic mass is 35.5. The van der Waals surface area contributed by atoms with Crippen LogP contribution < -0.4 is 10.1 Å². The summed E-state index contributed by atoms with van der Waals surface area (Å²) in [5.74, 6) is -1.09. The van der Waals surface area contributed by atoms with E-state index in [1.54, 1.807) is 30.2 Å². The molecule has 54 heavy (non-hydrogen) atoms. The number of aromatic nitrogens is 4. The summed E-state index contributed by atoms with van der Waals surface area (Å²) in [7, 11) is 1.55. The topological polar surface area (TPSA) is 146 Å². The molecular weight excluding hydrogens is 731 g/mol. The highest BCUT2D eigenvalue weighted by Gasteiger charge is 2.44. The minimum absolute atomic E-state index is 0.145. The normalized spacial score (nSPS) is 21.5. The van der Waals surface area contributed by atoms with Crippen molar-refractivity contribution in [3.05, 3.63) is 99.8 Å². The Morgan fingerprint density at radius 3 is 2.43 bits per heavy atom. The predicted octanol–water partition coefficient (Wildman–Crippen LogP) is 5.65. The van der Waals surface area contributed by atoms with Gasteiger partial charge in [0.15, 0.2) is 0 Å². The van der Waals surface area contributed by atoms with Gasteiger partial charge in [0.05, 0.1) is 39.9 Å². The second kappa shape index (κ2) is 15.9. The number of methoxy groups -OCH3 is 1. The van der Waals surface area contributed by atoms with Crippen LogP contribution in [0.1, 0.15) is 60.0 Å². The number of nitrogens with one attached hydrogen (secondary N) is 1. The van der Waals surface area contributed by atoms with Crippen molar-refractivity contribution in [2.75, 3.05) is 52.9 Å². The molecule has 4 aromatic rings. The van der Waals surface area contributed by atoms with E-state index in [2.05, 4.69) is 37.9 Å². The number of piperidine rings is 2. The van der Waals surface area contributed by atoms with Crippen LogP contribution in [0.5, 0.6) is 5.75 Å². The number of carboxylic acids is 1. The van der Waals surface area contributed by atoms with E-state index in [0.29, 0.717) is 72.4 Å². The number of tetrazole rings is 1. The van der Waals surface area contributed by atoms with E-state index in [1.807, 2.05) is 41.3 Å². The quantitative estimate of drug-likeness (QED) is 0.209. The lowest BCUT2D eigenvalue weighted by Crippen LogP contribution is -2.57. The highest BCUT2D eigenvalue weighted by molar-refractivity contribution is 6.42. The van der Waals surface area contributed by atoms with E-state index in [4.69, 9.17) is 27.9 Å². The maximum atomic E-state index is 14.2. The second-order valence-electron chi connectivity index (χ2n) is 14.6. The van der Waals surface area contributed by atoms with Crippen LogP contribution in [-0.2, 0) is 15.7 Å². The number of amides is 3. The smallest absolute Gasteiger partial charge is 0.318 e. The molecule has 1 aromatic heterocycles. The van der Waals surface area contributed by atoms with Gasteiger partial charge in [-0.15, -0.1) is 5.10 Å². The molecule has 284 valence electrons. The van der Waals surface area contributed by atoms with Crippen LogP contribution in [0.25, 0.3) is 5.69 Å². The van der Waals surface area contributed by atoms with Crippen molar-refractivity contribution >= 4 is 41.1 Å². The lowest BCUT2D eigenvalue weighted by atomic mass is 9.76. The third kappa shape index (κ3) is 7.75. The zero-order valence-corrected chi connectivity index (χ0v) is 31.7. The maximum absolute atomic E-state index is 14.2. The number of benzene rings is 3. The van der Waals surface area contributed by atoms with Crippen LogP contribution in [-0.4, -0.2) is 111 Å². The SMILES string of the molecule is COc1ccc(-n2cnnn2)cc1C(=O)N1CCC(CCN2CCC(NC(=O)N3CCCC(C(=O)O)C3)(c3ccccc3)CC2)(c2ccc(Cl)c(Cl)c2)C1. The molecule has 3 saturated heterocycles. The summed E-state index contributed by atoms with van der Waals surface area (Å²) >= 11 is 13.0. The standard InChI is InChI=1S/C39H44Cl2N8O5/c1-54-34-12-10-30(49-26-42-44-45-49)23-31(34)35(50)48-21-14-38(25-48,29-9-11-32(40)33(41)22-29)13-18-46-19-15-39(16-20-46,28-7-3-2-4-8-28)43-37(53)47-17-5-6-27(24-47)36(51)52/h2-4,7-12,22-23,26-27H,5-6,13-21,24-25H2,1H3,(H,43,53)(H,51,52). The van der Waals surface area contributed by atoms with E-state index in [-0.39, 0.29) is 23.9 Å². The summed E-state index contributed by atoms with van der Waals surface area (Å²) in [6, 6.07) is 20.9. The van der Waals surface area contributed by atoms with Crippen LogP contribution in [0.3, 0.4) is 0 Å². The molecule has 3 fully saturated rings. The molecule has 3 aliphatic rings. The Morgan fingerprint density at radius 2 is 1.72 bits per heavy atom. The molecule has 0 saturated carbocycles. The molecule has 2 atom stereocenters. The molecule has 15 heteroatoms. The monoisotopic (exact) mass is 774 g/mol. The predicted molar refractivity (Wildman–Crippen MR) is 203 cm³/mol. The zero-order chi connectivity index (χ0) is 37.9. The minimum Gasteiger partial charge on any atom is -0.496 e. The van der Waals surface area contributed by atoms with Gasteiger partial charge in [-0.1, -0.05) is 59.6 Å². The number of likely N-dealkylation sites (tertiary alicyclic amines) is 3. The van der Waals surface area contributed by atoms with Gasteiger partial charge in [-0.05, 0) is 97.0 Å². The van der Waals surface area contributed by atoms with Crippen LogP contribution in [0.4, 0.5) is 4.79 Å². The van der Waals surface area contributed by atoms with Crippen LogP contribution in [0.2, 0.25) is 10.0 Å². The van der Waals surface area contributed by atoms with Crippen LogP contribution in [0, 0.1) is 5.92 Å². The Kier molecular flexibility index (Phi) is 11.1. The second-order valence-corrected chi connectivity index (χ2v) is 15.4. The lowest BCUT2D eigenvalue weighted by molar-refractivity contribution is -0.143. The molecule has 2 N–H and O–H groups in total. The molecule has 0 radical (unpaired) electrons. The number of halogens is 2. The molecular formula is C39H44Cl2N8O5. The van der Waals surface area contributed by atoms with Crippen LogP contribution in [0.15, 0.2) is 73.1 Å². The first-order valence-corrected chi connectivity index (χ1v) is 19.1. The minimum atomic E-state index is -0.859. The first-order valence-electron chi connectivity index (χ1n) is 18.3. The fraction of sp³-hybridized carbons (Fsp3) is 0.436. The van der Waals surface area contributed by atoms with Gasteiger partial charge in [-0.2, -0.15) is 0 Å². The van der Waals surface area contributed by atoms with Gasteiger partial charge in [0.2, 0.25) is 0 Å². The lowest BCUT2D eigenvalue weighted by Gasteiger charge is -2.45. The number of carbonyl (C=O) groups is 3. The number of urea groups is 1. The van der Waals surface area contributed by atoms with Crippen molar-refractivity contribution in [2.45, 2.75) is 49.5 Å². The van der Waals surface area contributed by atoms with Gasteiger partial charge in [0.25, 0.3) is 5.91 Å². The first kappa shape index (κ1) is 37.6. The van der Waals surface area contributed by atoms with E-state index in [1.165, 1.54) is 11.0 Å². The Labute approximate surface area is 324 Å². The van der Waals surface area contributed by atoms with Gasteiger partial charge in [-0.3, -0.25) is 9.59 Å². The molecule has 7 rings (SSSR count). The van der Waals surface area contributed by atoms with Crippen molar-refractivity contribution < 1.29 is 24.2 Å². The average molecular weight is 776 g/mol. The van der Waals surface area contributed by atoms with Gasteiger partial charge >= 0.3 is 12.0 Å². The summed E-state index contributed by atoms with van der Waals surface area (Å²) < 4.78 is 7.11. The fourth-order valence-corrected chi connectivity index (χ4v) is 8.63. The molecule has 2 unspecified atom stereocenters. The third-order valence-corrected chi connectivity index (χ3v) is 12.3. The van der Waals surface area contributed by atoms with Crippen molar-refractivity contribution in [2.24, 2.45) is 5.92 Å². The number of rotatable bonds is 10. The Morgan fingerprint density at radius 1 is 0.926 bits per heavy atom. The maximum Gasteiger partial charge on any atom is 0.318 e. The van der Waals surface area contributed by atoms with Gasteiger partial charge in [0.1, 0.15) is 12.1 Å². The molecule has 13 nitrogen and oxygen atoms in total. The van der Waals surface area contributed by atoms with E-state index in [0.717, 1.165) is 43.6 Å². The Hall–Kier alpha value is -4.72. The average Bonchev–Trinajstić information content (AvgIpc) is 3.91. The number of aliphatic carboxylic acids is 1. The molecule has 3 aliphatic heterocycles. The zero-order valence-electron chi connectivity index (χ0n) is 30.2. The van der Waals surface area contributed by atoms with Gasteiger partial charge in [0, 0.05) is 44.7 Å². The number of ether oxygens (including phenoxy) is 1. The molecule has 0 spiro atoms. The molecule has 3 aromatic carbocycles. The molecule has 4 heterocycles. The summed E-state index contributed by atoms with van der Waals surface area (Å²) in [6.45, 7) is 4.03. The summed E-state index contributed by atoms with van der Waals surface area (Å²) in [4.78, 5) is 45.6. The highest BCUT2D eigenvalue weighted by Crippen LogP contribution is 2.42. The number of carbonyl (C=O) groups excluding carboxylic acids is 2. The summed E-state index contributed by atoms with van der Waals surface area (Å²) in [6.07, 6.45) is 5.62. The van der Waals surface area contributed by atoms with Crippen molar-refractivity contribution in [1.29, 1.82) is 0 Å². The Balaban J connectivity index is 1.08. The summed E-state index contributed by atoms with van der Waals surface area (Å²) in [5.41, 5.74) is 2.18. The first-order chi connectivity index (χ1) is 26.1. The Bertz CT molecular complexity index is 1970. The van der Waals surface area contributed by atoms with Crippen molar-refractivity contribution in [3.8, 4) is 11.4 Å². The largest absolute Gasteiger partial charge is 0.496 e. The number of hydrogen-bond acceptors (Lipinski definition) is 8. The fourth-order valence-electron chi connectivity index (χ4n) is 8.33. The molecule has 3 amide bonds. The number of carboxylic acid groups (broad SMARTS) is 1. The molecule has 0 bridgehead atoms. The van der Waals surface area contributed by atoms with Gasteiger partial charge in [-0.25, -0.2) is 9.48 Å². The van der Waals surface area contributed by atoms with Crippen LogP contribution >= 0.6 is 23.2 Å². The van der Waals surface area contributed by atoms with E-state index < -0.39 is 17.4 Å². The summed E-state index contributed by atoms with van der Waals surface area (Å²) in [5, 5.41) is 25.4. The molecule has 0 aliphatic carbocycles. The van der Waals surface area contributed by atoms with E-state index in [9.17, 15) is 19.5 Å². The van der Waals surface area contributed by atoms with Crippen molar-refractivity contribution in [1.82, 2.24) is 40.2 Å².